The monoisotopic (exact) mass is 417 g/mol. The van der Waals surface area contributed by atoms with Gasteiger partial charge >= 0.3 is 0 Å². The van der Waals surface area contributed by atoms with Gasteiger partial charge in [0.15, 0.2) is 0 Å². The highest BCUT2D eigenvalue weighted by molar-refractivity contribution is 5.88. The number of anilines is 1. The summed E-state index contributed by atoms with van der Waals surface area (Å²) in [5.74, 6) is 1.05. The molecule has 1 aliphatic rings. The van der Waals surface area contributed by atoms with E-state index in [4.69, 9.17) is 14.9 Å². The van der Waals surface area contributed by atoms with Crippen LogP contribution in [0.1, 0.15) is 41.8 Å². The molecule has 7 nitrogen and oxygen atoms in total. The third-order valence-electron chi connectivity index (χ3n) is 5.50. The first kappa shape index (κ1) is 20.9. The highest BCUT2D eigenvalue weighted by Crippen LogP contribution is 2.33. The molecule has 0 saturated carbocycles. The van der Waals surface area contributed by atoms with Crippen molar-refractivity contribution in [3.8, 4) is 22.8 Å². The van der Waals surface area contributed by atoms with Crippen molar-refractivity contribution < 1.29 is 9.47 Å². The molecule has 1 unspecified atom stereocenters. The Morgan fingerprint density at radius 1 is 1.10 bits per heavy atom. The first-order chi connectivity index (χ1) is 15.1. The fraction of sp³-hybridized carbons (Fsp3) is 0.333. The van der Waals surface area contributed by atoms with Crippen molar-refractivity contribution in [1.82, 2.24) is 15.0 Å². The summed E-state index contributed by atoms with van der Waals surface area (Å²) < 4.78 is 11.9. The predicted molar refractivity (Wildman–Crippen MR) is 121 cm³/mol. The van der Waals surface area contributed by atoms with E-state index >= 15 is 0 Å². The maximum absolute atomic E-state index is 7.90. The van der Waals surface area contributed by atoms with Gasteiger partial charge in [0.2, 0.25) is 5.88 Å². The quantitative estimate of drug-likeness (QED) is 0.536. The Hall–Kier alpha value is -3.32. The molecule has 1 saturated heterocycles. The first-order valence-corrected chi connectivity index (χ1v) is 10.5. The van der Waals surface area contributed by atoms with Crippen LogP contribution in [0.25, 0.3) is 11.1 Å². The molecule has 7 heteroatoms. The van der Waals surface area contributed by atoms with Crippen molar-refractivity contribution >= 4 is 11.9 Å². The van der Waals surface area contributed by atoms with Crippen LogP contribution in [-0.4, -0.2) is 34.0 Å². The lowest BCUT2D eigenvalue weighted by Gasteiger charge is -2.25. The number of aromatic nitrogens is 3. The van der Waals surface area contributed by atoms with E-state index in [2.05, 4.69) is 20.3 Å². The molecule has 3 aromatic rings. The number of nitrogens with zero attached hydrogens (tertiary/aromatic N) is 3. The van der Waals surface area contributed by atoms with Gasteiger partial charge in [-0.15, -0.1) is 0 Å². The number of aryl methyl sites for hydroxylation is 3. The van der Waals surface area contributed by atoms with E-state index in [0.29, 0.717) is 17.2 Å². The average Bonchev–Trinajstić information content (AvgIpc) is 2.76. The zero-order valence-corrected chi connectivity index (χ0v) is 18.1. The second-order valence-corrected chi connectivity index (χ2v) is 7.72. The van der Waals surface area contributed by atoms with Gasteiger partial charge in [0.05, 0.1) is 11.3 Å². The smallest absolute Gasteiger partial charge is 0.230 e. The minimum absolute atomic E-state index is 0.0520. The fourth-order valence-electron chi connectivity index (χ4n) is 3.90. The highest BCUT2D eigenvalue weighted by atomic mass is 16.5. The largest absolute Gasteiger partial charge is 0.438 e. The van der Waals surface area contributed by atoms with Crippen LogP contribution >= 0.6 is 0 Å². The Labute approximate surface area is 182 Å². The second kappa shape index (κ2) is 9.22. The molecular weight excluding hydrogens is 390 g/mol. The molecule has 0 aliphatic carbocycles. The van der Waals surface area contributed by atoms with Crippen LogP contribution < -0.4 is 10.1 Å². The van der Waals surface area contributed by atoms with Crippen LogP contribution in [0.5, 0.6) is 11.6 Å². The third-order valence-corrected chi connectivity index (χ3v) is 5.50. The first-order valence-electron chi connectivity index (χ1n) is 10.5. The lowest BCUT2D eigenvalue weighted by molar-refractivity contribution is 0.0343. The van der Waals surface area contributed by atoms with Gasteiger partial charge in [-0.05, 0) is 69.4 Å². The number of benzene rings is 1. The number of nitrogens with one attached hydrogen (secondary N) is 2. The topological polar surface area (TPSA) is 93.0 Å². The molecule has 160 valence electrons. The Balaban J connectivity index is 1.60. The summed E-state index contributed by atoms with van der Waals surface area (Å²) in [5, 5.41) is 11.3. The Morgan fingerprint density at radius 3 is 2.58 bits per heavy atom. The van der Waals surface area contributed by atoms with Gasteiger partial charge in [-0.25, -0.2) is 15.0 Å². The van der Waals surface area contributed by atoms with Crippen molar-refractivity contribution in [3.63, 3.8) is 0 Å². The minimum Gasteiger partial charge on any atom is -0.438 e. The van der Waals surface area contributed by atoms with Gasteiger partial charge in [0.25, 0.3) is 0 Å². The van der Waals surface area contributed by atoms with Gasteiger partial charge in [-0.2, -0.15) is 0 Å². The third kappa shape index (κ3) is 4.56. The summed E-state index contributed by atoms with van der Waals surface area (Å²) in [4.78, 5) is 13.0. The molecule has 0 amide bonds. The molecule has 1 fully saturated rings. The number of ether oxygens (including phenoxy) is 2. The summed E-state index contributed by atoms with van der Waals surface area (Å²) in [6.45, 7) is 6.77. The lowest BCUT2D eigenvalue weighted by Crippen LogP contribution is -2.27. The maximum atomic E-state index is 7.90. The van der Waals surface area contributed by atoms with Crippen LogP contribution in [0, 0.1) is 26.2 Å². The minimum atomic E-state index is -0.0520. The van der Waals surface area contributed by atoms with Crippen LogP contribution in [0.15, 0.2) is 36.8 Å². The van der Waals surface area contributed by atoms with Crippen molar-refractivity contribution in [3.05, 3.63) is 59.3 Å². The molecular formula is C24H27N5O2. The van der Waals surface area contributed by atoms with Crippen molar-refractivity contribution in [2.24, 2.45) is 0 Å². The molecule has 1 aromatic carbocycles. The number of hydrogen-bond acceptors (Lipinski definition) is 7. The van der Waals surface area contributed by atoms with Gasteiger partial charge in [-0.3, -0.25) is 0 Å². The molecule has 1 aliphatic heterocycles. The Bertz CT molecular complexity index is 1070. The van der Waals surface area contributed by atoms with E-state index in [0.717, 1.165) is 59.6 Å². The molecule has 31 heavy (non-hydrogen) atoms. The van der Waals surface area contributed by atoms with Gasteiger partial charge in [0, 0.05) is 36.0 Å². The summed E-state index contributed by atoms with van der Waals surface area (Å²) in [5.41, 5.74) is 6.45. The Morgan fingerprint density at radius 2 is 1.90 bits per heavy atom. The molecule has 0 bridgehead atoms. The van der Waals surface area contributed by atoms with Crippen LogP contribution in [-0.2, 0) is 4.74 Å². The summed E-state index contributed by atoms with van der Waals surface area (Å²) in [6, 6.07) is 7.75. The molecule has 2 N–H and O–H groups in total. The van der Waals surface area contributed by atoms with Crippen molar-refractivity contribution in [1.29, 1.82) is 5.41 Å². The van der Waals surface area contributed by atoms with E-state index in [1.165, 1.54) is 6.21 Å². The predicted octanol–water partition coefficient (Wildman–Crippen LogP) is 5.19. The van der Waals surface area contributed by atoms with Crippen LogP contribution in [0.2, 0.25) is 0 Å². The van der Waals surface area contributed by atoms with E-state index in [-0.39, 0.29) is 6.23 Å². The standard InChI is InChI=1S/C24H27N5O2/c1-15-12-18(7-8-19(15)23-16(2)27-14-28-17(23)3)31-24-20(13-25)21(9-10-26-24)29-22-6-4-5-11-30-22/h7-10,12-14,22,25H,4-6,11H2,1-3H3,(H,26,29). The molecule has 3 heterocycles. The number of rotatable bonds is 6. The SMILES string of the molecule is Cc1cc(Oc2nccc(NC3CCCCO3)c2C=N)ccc1-c1c(C)ncnc1C. The zero-order chi connectivity index (χ0) is 21.8. The van der Waals surface area contributed by atoms with Crippen molar-refractivity contribution in [2.45, 2.75) is 46.3 Å². The molecule has 4 rings (SSSR count). The lowest BCUT2D eigenvalue weighted by atomic mass is 9.98. The summed E-state index contributed by atoms with van der Waals surface area (Å²) in [6.07, 6.45) is 7.64. The highest BCUT2D eigenvalue weighted by Gasteiger charge is 2.18. The van der Waals surface area contributed by atoms with Gasteiger partial charge < -0.3 is 20.2 Å². The average molecular weight is 418 g/mol. The number of pyridine rings is 1. The van der Waals surface area contributed by atoms with Gasteiger partial charge in [-0.1, -0.05) is 6.07 Å². The molecule has 0 spiro atoms. The molecule has 0 radical (unpaired) electrons. The summed E-state index contributed by atoms with van der Waals surface area (Å²) >= 11 is 0. The van der Waals surface area contributed by atoms with Gasteiger partial charge in [0.1, 0.15) is 18.3 Å². The second-order valence-electron chi connectivity index (χ2n) is 7.72. The van der Waals surface area contributed by atoms with E-state index in [1.54, 1.807) is 12.5 Å². The Kier molecular flexibility index (Phi) is 6.23. The zero-order valence-electron chi connectivity index (χ0n) is 18.1. The fourth-order valence-corrected chi connectivity index (χ4v) is 3.90. The normalized spacial score (nSPS) is 16.0. The van der Waals surface area contributed by atoms with E-state index < -0.39 is 0 Å². The molecule has 2 aromatic heterocycles. The van der Waals surface area contributed by atoms with E-state index in [9.17, 15) is 0 Å². The number of hydrogen-bond donors (Lipinski definition) is 2. The van der Waals surface area contributed by atoms with E-state index in [1.807, 2.05) is 45.0 Å². The van der Waals surface area contributed by atoms with Crippen LogP contribution in [0.4, 0.5) is 5.69 Å². The van der Waals surface area contributed by atoms with Crippen LogP contribution in [0.3, 0.4) is 0 Å². The maximum Gasteiger partial charge on any atom is 0.230 e. The van der Waals surface area contributed by atoms with Crippen molar-refractivity contribution in [2.75, 3.05) is 11.9 Å². The molecule has 1 atom stereocenters. The summed E-state index contributed by atoms with van der Waals surface area (Å²) in [7, 11) is 0.